The topological polar surface area (TPSA) is 64.1 Å². The summed E-state index contributed by atoms with van der Waals surface area (Å²) in [6.07, 6.45) is -4.57. The van der Waals surface area contributed by atoms with Gasteiger partial charge in [0.05, 0.1) is 16.6 Å². The molecule has 0 bridgehead atoms. The van der Waals surface area contributed by atoms with Crippen LogP contribution in [0.3, 0.4) is 0 Å². The molecular formula is C22H25F4N3O3S. The van der Waals surface area contributed by atoms with Crippen molar-refractivity contribution in [2.24, 2.45) is 0 Å². The van der Waals surface area contributed by atoms with Crippen LogP contribution in [0.15, 0.2) is 47.4 Å². The zero-order valence-electron chi connectivity index (χ0n) is 18.0. The zero-order valence-corrected chi connectivity index (χ0v) is 18.8. The number of benzene rings is 2. The van der Waals surface area contributed by atoms with Crippen LogP contribution >= 0.6 is 0 Å². The van der Waals surface area contributed by atoms with Gasteiger partial charge in [-0.25, -0.2) is 12.8 Å². The van der Waals surface area contributed by atoms with Crippen LogP contribution in [0.4, 0.5) is 28.9 Å². The van der Waals surface area contributed by atoms with E-state index in [4.69, 9.17) is 0 Å². The molecule has 2 fully saturated rings. The van der Waals surface area contributed by atoms with Gasteiger partial charge in [-0.05, 0) is 49.7 Å². The molecule has 2 aromatic carbocycles. The van der Waals surface area contributed by atoms with Gasteiger partial charge in [0.15, 0.2) is 0 Å². The van der Waals surface area contributed by atoms with Gasteiger partial charge in [0.25, 0.3) is 0 Å². The number of aliphatic hydroxyl groups is 1. The Hall–Kier alpha value is -2.37. The van der Waals surface area contributed by atoms with E-state index in [9.17, 15) is 31.1 Å². The molecule has 180 valence electrons. The van der Waals surface area contributed by atoms with Crippen LogP contribution in [0.5, 0.6) is 0 Å². The molecule has 4 rings (SSSR count). The normalized spacial score (nSPS) is 22.7. The number of sulfonamides is 1. The molecule has 0 spiro atoms. The van der Waals surface area contributed by atoms with Gasteiger partial charge in [-0.2, -0.15) is 17.5 Å². The van der Waals surface area contributed by atoms with Crippen LogP contribution in [0.25, 0.3) is 0 Å². The predicted molar refractivity (Wildman–Crippen MR) is 116 cm³/mol. The summed E-state index contributed by atoms with van der Waals surface area (Å²) in [6.45, 7) is 2.75. The highest BCUT2D eigenvalue weighted by atomic mass is 32.2. The first-order chi connectivity index (χ1) is 15.5. The van der Waals surface area contributed by atoms with Crippen LogP contribution in [0, 0.1) is 5.82 Å². The molecule has 0 saturated carbocycles. The van der Waals surface area contributed by atoms with Gasteiger partial charge in [0.1, 0.15) is 5.82 Å². The fraction of sp³-hybridized carbons (Fsp3) is 0.455. The van der Waals surface area contributed by atoms with Crippen molar-refractivity contribution >= 4 is 21.4 Å². The third kappa shape index (κ3) is 4.80. The van der Waals surface area contributed by atoms with E-state index in [0.29, 0.717) is 31.3 Å². The highest BCUT2D eigenvalue weighted by Crippen LogP contribution is 2.38. The standard InChI is InChI=1S/C22H25F4N3O3S/c1-15-13-28(21-6-5-16(23)11-20(21)22(24,25)26)9-10-29(15)33(31,32)19-4-2-3-17(12-19)27-8-7-18(30)14-27/h2-6,11-12,15,18,30H,7-10,13-14H2,1H3/t15-,18+/m1/s1. The van der Waals surface area contributed by atoms with Gasteiger partial charge in [0.2, 0.25) is 10.0 Å². The van der Waals surface area contributed by atoms with Crippen LogP contribution < -0.4 is 9.80 Å². The minimum absolute atomic E-state index is 0.00910. The fourth-order valence-corrected chi connectivity index (χ4v) is 6.13. The maximum Gasteiger partial charge on any atom is 0.418 e. The molecule has 0 amide bonds. The summed E-state index contributed by atoms with van der Waals surface area (Å²) in [5.41, 5.74) is -0.547. The van der Waals surface area contributed by atoms with Crippen molar-refractivity contribution in [1.29, 1.82) is 0 Å². The molecule has 2 aliphatic rings. The molecule has 6 nitrogen and oxygen atoms in total. The summed E-state index contributed by atoms with van der Waals surface area (Å²) in [6, 6.07) is 8.40. The lowest BCUT2D eigenvalue weighted by Crippen LogP contribution is -2.54. The molecule has 2 atom stereocenters. The number of rotatable bonds is 4. The number of nitrogens with zero attached hydrogens (tertiary/aromatic N) is 3. The molecule has 2 aromatic rings. The lowest BCUT2D eigenvalue weighted by atomic mass is 10.1. The number of hydrogen-bond donors (Lipinski definition) is 1. The van der Waals surface area contributed by atoms with Crippen molar-refractivity contribution in [2.45, 2.75) is 36.6 Å². The second-order valence-corrected chi connectivity index (χ2v) is 10.3. The van der Waals surface area contributed by atoms with E-state index in [1.165, 1.54) is 15.3 Å². The number of piperazine rings is 1. The van der Waals surface area contributed by atoms with E-state index in [2.05, 4.69) is 0 Å². The third-order valence-electron chi connectivity index (χ3n) is 6.12. The molecule has 33 heavy (non-hydrogen) atoms. The second-order valence-electron chi connectivity index (χ2n) is 8.46. The molecule has 1 N–H and O–H groups in total. The molecule has 0 aliphatic carbocycles. The minimum atomic E-state index is -4.73. The van der Waals surface area contributed by atoms with Crippen molar-refractivity contribution < 1.29 is 31.1 Å². The van der Waals surface area contributed by atoms with E-state index in [1.807, 2.05) is 4.90 Å². The third-order valence-corrected chi connectivity index (χ3v) is 8.13. The number of hydrogen-bond acceptors (Lipinski definition) is 5. The van der Waals surface area contributed by atoms with Crippen molar-refractivity contribution in [3.8, 4) is 0 Å². The fourth-order valence-electron chi connectivity index (χ4n) is 4.48. The molecule has 0 radical (unpaired) electrons. The lowest BCUT2D eigenvalue weighted by Gasteiger charge is -2.40. The Kier molecular flexibility index (Phi) is 6.32. The first-order valence-electron chi connectivity index (χ1n) is 10.6. The van der Waals surface area contributed by atoms with Crippen molar-refractivity contribution in [3.63, 3.8) is 0 Å². The van der Waals surface area contributed by atoms with Crippen LogP contribution in [0.2, 0.25) is 0 Å². The first kappa shape index (κ1) is 23.8. The minimum Gasteiger partial charge on any atom is -0.391 e. The van der Waals surface area contributed by atoms with Crippen LogP contribution in [0.1, 0.15) is 18.9 Å². The summed E-state index contributed by atoms with van der Waals surface area (Å²) in [7, 11) is -3.89. The van der Waals surface area contributed by atoms with Crippen molar-refractivity contribution in [3.05, 3.63) is 53.8 Å². The summed E-state index contributed by atoms with van der Waals surface area (Å²) >= 11 is 0. The Balaban J connectivity index is 1.55. The Morgan fingerprint density at radius 3 is 2.39 bits per heavy atom. The summed E-state index contributed by atoms with van der Waals surface area (Å²) in [5, 5.41) is 9.77. The van der Waals surface area contributed by atoms with Gasteiger partial charge in [0, 0.05) is 50.1 Å². The largest absolute Gasteiger partial charge is 0.418 e. The Bertz CT molecular complexity index is 1130. The maximum absolute atomic E-state index is 13.5. The quantitative estimate of drug-likeness (QED) is 0.671. The molecule has 11 heteroatoms. The average Bonchev–Trinajstić information content (AvgIpc) is 3.19. The molecule has 2 heterocycles. The van der Waals surface area contributed by atoms with Crippen molar-refractivity contribution in [1.82, 2.24) is 4.31 Å². The maximum atomic E-state index is 13.5. The lowest BCUT2D eigenvalue weighted by molar-refractivity contribution is -0.137. The molecule has 2 aliphatic heterocycles. The van der Waals surface area contributed by atoms with E-state index in [1.54, 1.807) is 25.1 Å². The predicted octanol–water partition coefficient (Wildman–Crippen LogP) is 3.31. The summed E-state index contributed by atoms with van der Waals surface area (Å²) < 4.78 is 81.8. The van der Waals surface area contributed by atoms with Gasteiger partial charge < -0.3 is 14.9 Å². The number of alkyl halides is 3. The Morgan fingerprint density at radius 2 is 1.76 bits per heavy atom. The number of β-amino-alcohol motifs (C(OH)–C–C–N with tert-alkyl or cyclic N) is 1. The van der Waals surface area contributed by atoms with Crippen LogP contribution in [-0.4, -0.2) is 62.7 Å². The van der Waals surface area contributed by atoms with Gasteiger partial charge in [-0.1, -0.05) is 6.07 Å². The highest BCUT2D eigenvalue weighted by molar-refractivity contribution is 7.89. The van der Waals surface area contributed by atoms with Gasteiger partial charge in [-0.15, -0.1) is 0 Å². The van der Waals surface area contributed by atoms with E-state index in [0.717, 1.165) is 12.1 Å². The number of anilines is 2. The highest BCUT2D eigenvalue weighted by Gasteiger charge is 2.39. The van der Waals surface area contributed by atoms with Gasteiger partial charge >= 0.3 is 6.18 Å². The first-order valence-corrected chi connectivity index (χ1v) is 12.1. The number of aliphatic hydroxyl groups excluding tert-OH is 1. The number of halogens is 4. The van der Waals surface area contributed by atoms with Crippen LogP contribution in [-0.2, 0) is 16.2 Å². The smallest absolute Gasteiger partial charge is 0.391 e. The molecular weight excluding hydrogens is 462 g/mol. The van der Waals surface area contributed by atoms with E-state index < -0.39 is 39.7 Å². The molecule has 0 unspecified atom stereocenters. The summed E-state index contributed by atoms with van der Waals surface area (Å²) in [4.78, 5) is 3.46. The summed E-state index contributed by atoms with van der Waals surface area (Å²) in [5.74, 6) is -0.981. The second kappa shape index (κ2) is 8.77. The SMILES string of the molecule is C[C@@H]1CN(c2ccc(F)cc2C(F)(F)F)CCN1S(=O)(=O)c1cccc(N2CC[C@H](O)C2)c1. The molecule has 0 aromatic heterocycles. The monoisotopic (exact) mass is 487 g/mol. The Morgan fingerprint density at radius 1 is 1.00 bits per heavy atom. The van der Waals surface area contributed by atoms with E-state index in [-0.39, 0.29) is 30.2 Å². The average molecular weight is 488 g/mol. The van der Waals surface area contributed by atoms with Crippen molar-refractivity contribution in [2.75, 3.05) is 42.5 Å². The molecule has 2 saturated heterocycles. The van der Waals surface area contributed by atoms with E-state index >= 15 is 0 Å². The van der Waals surface area contributed by atoms with Gasteiger partial charge in [-0.3, -0.25) is 0 Å². The zero-order chi connectivity index (χ0) is 24.0. The Labute approximate surface area is 190 Å².